The minimum Gasteiger partial charge on any atom is -0.240 e. The molecule has 0 amide bonds. The number of hydrogen-bond acceptors (Lipinski definition) is 3. The van der Waals surface area contributed by atoms with Gasteiger partial charge in [-0.15, -0.1) is 5.10 Å². The van der Waals surface area contributed by atoms with E-state index in [1.165, 1.54) is 5.56 Å². The van der Waals surface area contributed by atoms with Crippen molar-refractivity contribution >= 4 is 11.3 Å². The lowest BCUT2D eigenvalue weighted by Gasteiger charge is -2.08. The van der Waals surface area contributed by atoms with E-state index in [1.807, 2.05) is 41.1 Å². The highest BCUT2D eigenvalue weighted by atomic mass is 32.1. The maximum Gasteiger partial charge on any atom is 0.121 e. The minimum absolute atomic E-state index is 0.711. The molecule has 0 aliphatic carbocycles. The van der Waals surface area contributed by atoms with E-state index >= 15 is 0 Å². The summed E-state index contributed by atoms with van der Waals surface area (Å²) in [7, 11) is 0. The Bertz CT molecular complexity index is 881. The topological polar surface area (TPSA) is 30.7 Å². The molecule has 0 radical (unpaired) electrons. The van der Waals surface area contributed by atoms with Crippen molar-refractivity contribution in [1.29, 1.82) is 0 Å². The molecule has 4 aromatic rings. The van der Waals surface area contributed by atoms with Crippen LogP contribution in [0.5, 0.6) is 0 Å². The number of aromatic nitrogens is 3. The van der Waals surface area contributed by atoms with Crippen LogP contribution in [0.4, 0.5) is 0 Å². The summed E-state index contributed by atoms with van der Waals surface area (Å²) in [6.07, 6.45) is 0. The molecule has 4 heteroatoms. The lowest BCUT2D eigenvalue weighted by atomic mass is 10.1. The third kappa shape index (κ3) is 2.81. The van der Waals surface area contributed by atoms with Gasteiger partial charge in [0.05, 0.1) is 12.2 Å². The van der Waals surface area contributed by atoms with Gasteiger partial charge in [0.1, 0.15) is 5.69 Å². The minimum atomic E-state index is 0.711. The summed E-state index contributed by atoms with van der Waals surface area (Å²) in [5.41, 5.74) is 5.47. The standard InChI is InChI=1S/C19H15N3S/c1-3-7-15(8-4-1)13-22-19(16-9-5-2-6-10-16)18(20-21-22)17-11-12-23-14-17/h1-12,14H,13H2. The van der Waals surface area contributed by atoms with E-state index in [0.29, 0.717) is 6.54 Å². The van der Waals surface area contributed by atoms with Gasteiger partial charge < -0.3 is 0 Å². The molecule has 0 saturated heterocycles. The molecule has 0 unspecified atom stereocenters. The van der Waals surface area contributed by atoms with E-state index in [9.17, 15) is 0 Å². The highest BCUT2D eigenvalue weighted by Gasteiger charge is 2.16. The van der Waals surface area contributed by atoms with Crippen molar-refractivity contribution < 1.29 is 0 Å². The fourth-order valence-electron chi connectivity index (χ4n) is 2.66. The molecule has 0 saturated carbocycles. The summed E-state index contributed by atoms with van der Waals surface area (Å²) >= 11 is 1.67. The molecule has 2 heterocycles. The van der Waals surface area contributed by atoms with Crippen molar-refractivity contribution in [2.24, 2.45) is 0 Å². The summed E-state index contributed by atoms with van der Waals surface area (Å²) < 4.78 is 1.98. The Balaban J connectivity index is 1.83. The van der Waals surface area contributed by atoms with Gasteiger partial charge in [-0.3, -0.25) is 0 Å². The number of nitrogens with zero attached hydrogens (tertiary/aromatic N) is 3. The van der Waals surface area contributed by atoms with Crippen molar-refractivity contribution in [3.05, 3.63) is 83.1 Å². The number of benzene rings is 2. The average Bonchev–Trinajstić information content (AvgIpc) is 3.26. The van der Waals surface area contributed by atoms with Crippen LogP contribution in [0.3, 0.4) is 0 Å². The lowest BCUT2D eigenvalue weighted by molar-refractivity contribution is 0.656. The van der Waals surface area contributed by atoms with Crippen molar-refractivity contribution in [3.8, 4) is 22.5 Å². The zero-order valence-corrected chi connectivity index (χ0v) is 13.3. The molecule has 0 spiro atoms. The predicted molar refractivity (Wildman–Crippen MR) is 94.3 cm³/mol. The lowest BCUT2D eigenvalue weighted by Crippen LogP contribution is -2.04. The summed E-state index contributed by atoms with van der Waals surface area (Å²) in [5, 5.41) is 13.1. The third-order valence-corrected chi connectivity index (χ3v) is 4.44. The first-order valence-corrected chi connectivity index (χ1v) is 8.41. The van der Waals surface area contributed by atoms with Gasteiger partial charge in [-0.1, -0.05) is 65.9 Å². The summed E-state index contributed by atoms with van der Waals surface area (Å²) in [6.45, 7) is 0.711. The molecular formula is C19H15N3S. The van der Waals surface area contributed by atoms with Crippen molar-refractivity contribution in [2.45, 2.75) is 6.54 Å². The second-order valence-electron chi connectivity index (χ2n) is 5.31. The Morgan fingerprint density at radius 2 is 1.57 bits per heavy atom. The van der Waals surface area contributed by atoms with Gasteiger partial charge in [-0.2, -0.15) is 11.3 Å². The molecule has 112 valence electrons. The molecule has 23 heavy (non-hydrogen) atoms. The first-order chi connectivity index (χ1) is 11.4. The third-order valence-electron chi connectivity index (χ3n) is 3.75. The van der Waals surface area contributed by atoms with Crippen LogP contribution in [0.2, 0.25) is 0 Å². The highest BCUT2D eigenvalue weighted by Crippen LogP contribution is 2.31. The van der Waals surface area contributed by atoms with Crippen LogP contribution in [-0.2, 0) is 6.54 Å². The smallest absolute Gasteiger partial charge is 0.121 e. The number of hydrogen-bond donors (Lipinski definition) is 0. The zero-order valence-electron chi connectivity index (χ0n) is 12.5. The number of rotatable bonds is 4. The van der Waals surface area contributed by atoms with Crippen LogP contribution in [0.25, 0.3) is 22.5 Å². The first kappa shape index (κ1) is 13.9. The number of thiophene rings is 1. The van der Waals surface area contributed by atoms with E-state index in [-0.39, 0.29) is 0 Å². The maximum absolute atomic E-state index is 4.45. The Labute approximate surface area is 138 Å². The van der Waals surface area contributed by atoms with Gasteiger partial charge in [-0.25, -0.2) is 4.68 Å². The van der Waals surface area contributed by atoms with Crippen molar-refractivity contribution in [1.82, 2.24) is 15.0 Å². The van der Waals surface area contributed by atoms with E-state index in [2.05, 4.69) is 51.4 Å². The van der Waals surface area contributed by atoms with Crippen LogP contribution >= 0.6 is 11.3 Å². The van der Waals surface area contributed by atoms with Gasteiger partial charge in [0.25, 0.3) is 0 Å². The van der Waals surface area contributed by atoms with Crippen LogP contribution in [0.1, 0.15) is 5.56 Å². The molecule has 0 fully saturated rings. The van der Waals surface area contributed by atoms with E-state index in [0.717, 1.165) is 22.5 Å². The second-order valence-corrected chi connectivity index (χ2v) is 6.09. The molecule has 0 atom stereocenters. The molecule has 0 aliphatic heterocycles. The molecule has 0 aliphatic rings. The molecular weight excluding hydrogens is 302 g/mol. The maximum atomic E-state index is 4.45. The molecule has 2 aromatic carbocycles. The van der Waals surface area contributed by atoms with Gasteiger partial charge in [0.15, 0.2) is 0 Å². The Kier molecular flexibility index (Phi) is 3.74. The zero-order chi connectivity index (χ0) is 15.5. The second kappa shape index (κ2) is 6.18. The normalized spacial score (nSPS) is 10.8. The van der Waals surface area contributed by atoms with Gasteiger partial charge in [0.2, 0.25) is 0 Å². The van der Waals surface area contributed by atoms with E-state index < -0.39 is 0 Å². The van der Waals surface area contributed by atoms with Crippen LogP contribution in [-0.4, -0.2) is 15.0 Å². The van der Waals surface area contributed by atoms with Crippen LogP contribution in [0.15, 0.2) is 77.5 Å². The highest BCUT2D eigenvalue weighted by molar-refractivity contribution is 7.08. The molecule has 3 nitrogen and oxygen atoms in total. The van der Waals surface area contributed by atoms with Crippen LogP contribution < -0.4 is 0 Å². The monoisotopic (exact) mass is 317 g/mol. The fraction of sp³-hybridized carbons (Fsp3) is 0.0526. The molecule has 0 bridgehead atoms. The predicted octanol–water partition coefficient (Wildman–Crippen LogP) is 4.72. The van der Waals surface area contributed by atoms with Gasteiger partial charge in [0, 0.05) is 16.5 Å². The van der Waals surface area contributed by atoms with Crippen molar-refractivity contribution in [3.63, 3.8) is 0 Å². The first-order valence-electron chi connectivity index (χ1n) is 7.47. The summed E-state index contributed by atoms with van der Waals surface area (Å²) in [6, 6.07) is 22.8. The summed E-state index contributed by atoms with van der Waals surface area (Å²) in [4.78, 5) is 0. The Morgan fingerprint density at radius 3 is 2.26 bits per heavy atom. The SMILES string of the molecule is c1ccc(Cn2nnc(-c3ccsc3)c2-c2ccccc2)cc1. The largest absolute Gasteiger partial charge is 0.240 e. The van der Waals surface area contributed by atoms with Crippen molar-refractivity contribution in [2.75, 3.05) is 0 Å². The Hall–Kier alpha value is -2.72. The summed E-state index contributed by atoms with van der Waals surface area (Å²) in [5.74, 6) is 0. The molecule has 0 N–H and O–H groups in total. The van der Waals surface area contributed by atoms with E-state index in [1.54, 1.807) is 11.3 Å². The van der Waals surface area contributed by atoms with Crippen LogP contribution in [0, 0.1) is 0 Å². The van der Waals surface area contributed by atoms with Gasteiger partial charge in [-0.05, 0) is 17.0 Å². The average molecular weight is 317 g/mol. The molecule has 4 rings (SSSR count). The van der Waals surface area contributed by atoms with Gasteiger partial charge >= 0.3 is 0 Å². The quantitative estimate of drug-likeness (QED) is 0.545. The van der Waals surface area contributed by atoms with E-state index in [4.69, 9.17) is 0 Å². The Morgan fingerprint density at radius 1 is 0.826 bits per heavy atom. The fourth-order valence-corrected chi connectivity index (χ4v) is 3.30. The molecule has 2 aromatic heterocycles.